The zero-order valence-corrected chi connectivity index (χ0v) is 24.8. The van der Waals surface area contributed by atoms with Crippen molar-refractivity contribution in [1.82, 2.24) is 14.9 Å². The van der Waals surface area contributed by atoms with Crippen LogP contribution in [0.3, 0.4) is 0 Å². The third kappa shape index (κ3) is 6.82. The molecule has 3 heterocycles. The predicted octanol–water partition coefficient (Wildman–Crippen LogP) is 6.44. The molecule has 2 N–H and O–H groups in total. The van der Waals surface area contributed by atoms with Crippen molar-refractivity contribution in [1.29, 1.82) is 5.26 Å². The number of thiophene rings is 1. The lowest BCUT2D eigenvalue weighted by atomic mass is 10.0. The number of hydrogen-bond acceptors (Lipinski definition) is 10. The first kappa shape index (κ1) is 28.9. The third-order valence-electron chi connectivity index (χ3n) is 7.08. The van der Waals surface area contributed by atoms with Gasteiger partial charge in [-0.2, -0.15) is 5.26 Å². The number of methoxy groups -OCH3 is 1. The van der Waals surface area contributed by atoms with Crippen LogP contribution in [0.5, 0.6) is 11.5 Å². The predicted molar refractivity (Wildman–Crippen MR) is 165 cm³/mol. The fourth-order valence-corrected chi connectivity index (χ4v) is 6.99. The Bertz CT molecular complexity index is 1520. The molecule has 1 fully saturated rings. The minimum Gasteiger partial charge on any atom is -0.497 e. The summed E-state index contributed by atoms with van der Waals surface area (Å²) < 4.78 is 12.4. The highest BCUT2D eigenvalue weighted by atomic mass is 32.2. The minimum absolute atomic E-state index is 0.227. The van der Waals surface area contributed by atoms with Crippen molar-refractivity contribution >= 4 is 34.7 Å². The molecule has 41 heavy (non-hydrogen) atoms. The molecule has 0 amide bonds. The van der Waals surface area contributed by atoms with E-state index in [0.29, 0.717) is 18.1 Å². The van der Waals surface area contributed by atoms with Gasteiger partial charge in [-0.25, -0.2) is 9.97 Å². The maximum absolute atomic E-state index is 10.1. The molecule has 212 valence electrons. The van der Waals surface area contributed by atoms with Crippen molar-refractivity contribution in [3.8, 4) is 39.3 Å². The second-order valence-electron chi connectivity index (χ2n) is 9.65. The van der Waals surface area contributed by atoms with Crippen molar-refractivity contribution in [2.75, 3.05) is 45.0 Å². The molecule has 0 saturated carbocycles. The van der Waals surface area contributed by atoms with Gasteiger partial charge in [-0.05, 0) is 68.0 Å². The van der Waals surface area contributed by atoms with E-state index >= 15 is 0 Å². The summed E-state index contributed by atoms with van der Waals surface area (Å²) in [7, 11) is 1.64. The van der Waals surface area contributed by atoms with Crippen molar-refractivity contribution in [3.63, 3.8) is 0 Å². The summed E-state index contributed by atoms with van der Waals surface area (Å²) in [5.41, 5.74) is 3.95. The number of aliphatic hydroxyl groups is 1. The van der Waals surface area contributed by atoms with Gasteiger partial charge in [-0.1, -0.05) is 18.2 Å². The van der Waals surface area contributed by atoms with Gasteiger partial charge in [0.1, 0.15) is 17.6 Å². The number of thioether (sulfide) groups is 1. The summed E-state index contributed by atoms with van der Waals surface area (Å²) in [6.07, 6.45) is 6.82. The highest BCUT2D eigenvalue weighted by Gasteiger charge is 2.23. The molecule has 0 radical (unpaired) electrons. The van der Waals surface area contributed by atoms with Crippen LogP contribution >= 0.6 is 23.1 Å². The number of likely N-dealkylation sites (tertiary alicyclic amines) is 1. The summed E-state index contributed by atoms with van der Waals surface area (Å²) >= 11 is 3.11. The fraction of sp³-hybridized carbons (Fsp3) is 0.323. The SMILES string of the molecule is COc1cccc(-c2c(-c3ccnc(Nc4cccc(OCCCN5CCC[C@H]5CO)c4)n3)sc(SC)c2C#N)c1. The van der Waals surface area contributed by atoms with Crippen LogP contribution < -0.4 is 14.8 Å². The maximum Gasteiger partial charge on any atom is 0.227 e. The Morgan fingerprint density at radius 3 is 2.85 bits per heavy atom. The summed E-state index contributed by atoms with van der Waals surface area (Å²) in [6.45, 7) is 2.81. The van der Waals surface area contributed by atoms with E-state index in [2.05, 4.69) is 21.3 Å². The molecule has 2 aromatic carbocycles. The fourth-order valence-electron chi connectivity index (χ4n) is 5.08. The molecule has 10 heteroatoms. The Balaban J connectivity index is 1.32. The first-order chi connectivity index (χ1) is 20.1. The van der Waals surface area contributed by atoms with Crippen LogP contribution in [0, 0.1) is 11.3 Å². The molecule has 1 aliphatic rings. The zero-order valence-electron chi connectivity index (χ0n) is 23.2. The van der Waals surface area contributed by atoms with Gasteiger partial charge >= 0.3 is 0 Å². The lowest BCUT2D eigenvalue weighted by Crippen LogP contribution is -2.33. The van der Waals surface area contributed by atoms with Crippen molar-refractivity contribution in [3.05, 3.63) is 66.4 Å². The highest BCUT2D eigenvalue weighted by molar-refractivity contribution is 8.00. The zero-order chi connectivity index (χ0) is 28.6. The van der Waals surface area contributed by atoms with E-state index in [1.165, 1.54) is 0 Å². The molecule has 0 bridgehead atoms. The van der Waals surface area contributed by atoms with E-state index in [0.717, 1.165) is 75.4 Å². The Labute approximate surface area is 249 Å². The second-order valence-corrected chi connectivity index (χ2v) is 11.7. The number of aliphatic hydroxyl groups excluding tert-OH is 1. The Hall–Kier alpha value is -3.62. The Morgan fingerprint density at radius 2 is 2.05 bits per heavy atom. The van der Waals surface area contributed by atoms with Gasteiger partial charge in [0.25, 0.3) is 0 Å². The molecular weight excluding hydrogens is 555 g/mol. The summed E-state index contributed by atoms with van der Waals surface area (Å²) in [5.74, 6) is 1.96. The molecule has 1 aliphatic heterocycles. The van der Waals surface area contributed by atoms with E-state index in [9.17, 15) is 10.4 Å². The van der Waals surface area contributed by atoms with Crippen LogP contribution in [0.2, 0.25) is 0 Å². The normalized spacial score (nSPS) is 15.0. The van der Waals surface area contributed by atoms with E-state index in [1.807, 2.05) is 60.9 Å². The maximum atomic E-state index is 10.1. The summed E-state index contributed by atoms with van der Waals surface area (Å²) in [5, 5.41) is 22.9. The van der Waals surface area contributed by atoms with Crippen molar-refractivity contribution < 1.29 is 14.6 Å². The molecule has 1 atom stereocenters. The molecule has 1 saturated heterocycles. The van der Waals surface area contributed by atoms with Gasteiger partial charge in [0, 0.05) is 36.1 Å². The van der Waals surface area contributed by atoms with Crippen molar-refractivity contribution in [2.24, 2.45) is 0 Å². The number of benzene rings is 2. The van der Waals surface area contributed by atoms with Gasteiger partial charge in [0.05, 0.1) is 40.7 Å². The van der Waals surface area contributed by atoms with E-state index in [-0.39, 0.29) is 12.6 Å². The number of nitriles is 1. The van der Waals surface area contributed by atoms with Gasteiger partial charge in [-0.15, -0.1) is 23.1 Å². The second kappa shape index (κ2) is 13.8. The van der Waals surface area contributed by atoms with Crippen LogP contribution in [-0.4, -0.2) is 65.7 Å². The number of nitrogens with zero attached hydrogens (tertiary/aromatic N) is 4. The smallest absolute Gasteiger partial charge is 0.227 e. The topological polar surface area (TPSA) is 104 Å². The number of hydrogen-bond donors (Lipinski definition) is 2. The number of anilines is 2. The summed E-state index contributed by atoms with van der Waals surface area (Å²) in [6, 6.07) is 20.1. The number of nitrogens with one attached hydrogen (secondary N) is 1. The molecule has 2 aromatic heterocycles. The van der Waals surface area contributed by atoms with E-state index < -0.39 is 0 Å². The Morgan fingerprint density at radius 1 is 1.20 bits per heavy atom. The standard InChI is InChI=1S/C31H33N5O3S2/c1-38-24-10-3-7-21(17-24)28-26(19-32)30(40-2)41-29(28)27-12-13-33-31(35-27)34-22-8-4-11-25(18-22)39-16-6-15-36-14-5-9-23(36)20-37/h3-4,7-8,10-13,17-18,23,37H,5-6,9,14-16,20H2,1-2H3,(H,33,34,35)/t23-/m0/s1. The first-order valence-corrected chi connectivity index (χ1v) is 15.6. The quantitative estimate of drug-likeness (QED) is 0.143. The first-order valence-electron chi connectivity index (χ1n) is 13.6. The lowest BCUT2D eigenvalue weighted by molar-refractivity contribution is 0.150. The monoisotopic (exact) mass is 587 g/mol. The highest BCUT2D eigenvalue weighted by Crippen LogP contribution is 2.46. The van der Waals surface area contributed by atoms with Crippen LogP contribution in [-0.2, 0) is 0 Å². The van der Waals surface area contributed by atoms with Crippen LogP contribution in [0.15, 0.2) is 65.0 Å². The molecule has 8 nitrogen and oxygen atoms in total. The largest absolute Gasteiger partial charge is 0.497 e. The average molecular weight is 588 g/mol. The minimum atomic E-state index is 0.227. The van der Waals surface area contributed by atoms with E-state index in [4.69, 9.17) is 14.5 Å². The van der Waals surface area contributed by atoms with Gasteiger partial charge in [-0.3, -0.25) is 4.90 Å². The summed E-state index contributed by atoms with van der Waals surface area (Å²) in [4.78, 5) is 12.5. The molecule has 0 aliphatic carbocycles. The molecule has 5 rings (SSSR count). The average Bonchev–Trinajstić information content (AvgIpc) is 3.63. The molecule has 4 aromatic rings. The van der Waals surface area contributed by atoms with Crippen LogP contribution in [0.4, 0.5) is 11.6 Å². The van der Waals surface area contributed by atoms with Crippen LogP contribution in [0.1, 0.15) is 24.8 Å². The number of rotatable bonds is 12. The molecule has 0 unspecified atom stereocenters. The number of ether oxygens (including phenoxy) is 2. The van der Waals surface area contributed by atoms with E-state index in [1.54, 1.807) is 36.4 Å². The van der Waals surface area contributed by atoms with Crippen LogP contribution in [0.25, 0.3) is 21.7 Å². The lowest BCUT2D eigenvalue weighted by Gasteiger charge is -2.22. The van der Waals surface area contributed by atoms with Gasteiger partial charge in [0.15, 0.2) is 0 Å². The van der Waals surface area contributed by atoms with Gasteiger partial charge in [0.2, 0.25) is 5.95 Å². The number of aromatic nitrogens is 2. The van der Waals surface area contributed by atoms with Gasteiger partial charge < -0.3 is 19.9 Å². The van der Waals surface area contributed by atoms with Crippen molar-refractivity contribution in [2.45, 2.75) is 29.5 Å². The Kier molecular flexibility index (Phi) is 9.75. The third-order valence-corrected chi connectivity index (χ3v) is 9.41. The molecule has 0 spiro atoms. The molecular formula is C31H33N5O3S2.